The van der Waals surface area contributed by atoms with Crippen LogP contribution in [0.4, 0.5) is 0 Å². The first-order valence-electron chi connectivity index (χ1n) is 9.99. The average Bonchev–Trinajstić information content (AvgIpc) is 2.66. The van der Waals surface area contributed by atoms with Crippen LogP contribution < -0.4 is 0 Å². The molecule has 1 saturated heterocycles. The largest absolute Gasteiger partial charge is 0.453 e. The first kappa shape index (κ1) is 21.6. The van der Waals surface area contributed by atoms with E-state index in [4.69, 9.17) is 14.2 Å². The van der Waals surface area contributed by atoms with Crippen LogP contribution in [0.15, 0.2) is 43.0 Å². The summed E-state index contributed by atoms with van der Waals surface area (Å²) >= 11 is 0. The molecule has 0 bridgehead atoms. The fourth-order valence-electron chi connectivity index (χ4n) is 3.57. The summed E-state index contributed by atoms with van der Waals surface area (Å²) in [5, 5.41) is 0. The molecule has 1 aliphatic heterocycles. The van der Waals surface area contributed by atoms with Crippen molar-refractivity contribution in [2.24, 2.45) is 11.8 Å². The first-order chi connectivity index (χ1) is 12.8. The Labute approximate surface area is 163 Å². The maximum absolute atomic E-state index is 12.7. The molecule has 1 heterocycles. The Hall–Kier alpha value is -1.65. The second kappa shape index (κ2) is 9.52. The van der Waals surface area contributed by atoms with Gasteiger partial charge in [0.1, 0.15) is 0 Å². The normalized spacial score (nSPS) is 28.6. The molecule has 5 atom stereocenters. The predicted molar refractivity (Wildman–Crippen MR) is 108 cm³/mol. The molecule has 0 spiro atoms. The Morgan fingerprint density at radius 2 is 1.89 bits per heavy atom. The van der Waals surface area contributed by atoms with Crippen molar-refractivity contribution in [3.8, 4) is 0 Å². The van der Waals surface area contributed by atoms with Crippen LogP contribution in [0.1, 0.15) is 64.2 Å². The molecule has 1 aromatic rings. The smallest absolute Gasteiger partial charge is 0.338 e. The van der Waals surface area contributed by atoms with Gasteiger partial charge in [0.25, 0.3) is 0 Å². The average molecular weight is 375 g/mol. The summed E-state index contributed by atoms with van der Waals surface area (Å²) in [6, 6.07) is 9.07. The van der Waals surface area contributed by atoms with Gasteiger partial charge in [-0.25, -0.2) is 4.79 Å². The number of carbonyl (C=O) groups is 1. The lowest BCUT2D eigenvalue weighted by atomic mass is 9.82. The van der Waals surface area contributed by atoms with Crippen LogP contribution in [0.3, 0.4) is 0 Å². The molecule has 0 unspecified atom stereocenters. The lowest BCUT2D eigenvalue weighted by molar-refractivity contribution is -0.299. The molecule has 0 N–H and O–H groups in total. The van der Waals surface area contributed by atoms with Crippen LogP contribution in [-0.4, -0.2) is 30.1 Å². The number of carbonyl (C=O) groups excluding carboxylic acids is 1. The monoisotopic (exact) mass is 374 g/mol. The summed E-state index contributed by atoms with van der Waals surface area (Å²) in [6.45, 7) is 14.3. The van der Waals surface area contributed by atoms with Gasteiger partial charge in [-0.1, -0.05) is 45.0 Å². The van der Waals surface area contributed by atoms with Crippen molar-refractivity contribution in [1.82, 2.24) is 0 Å². The molecule has 1 aromatic carbocycles. The molecule has 0 aliphatic carbocycles. The molecule has 4 heteroatoms. The third-order valence-corrected chi connectivity index (χ3v) is 5.55. The summed E-state index contributed by atoms with van der Waals surface area (Å²) < 4.78 is 18.5. The van der Waals surface area contributed by atoms with Gasteiger partial charge in [-0.3, -0.25) is 0 Å². The molecule has 0 saturated carbocycles. The highest BCUT2D eigenvalue weighted by atomic mass is 16.7. The highest BCUT2D eigenvalue weighted by Crippen LogP contribution is 2.37. The summed E-state index contributed by atoms with van der Waals surface area (Å²) in [7, 11) is 0. The maximum atomic E-state index is 12.7. The zero-order valence-electron chi connectivity index (χ0n) is 17.3. The minimum atomic E-state index is -0.575. The Morgan fingerprint density at radius 1 is 1.22 bits per heavy atom. The minimum absolute atomic E-state index is 0.0897. The van der Waals surface area contributed by atoms with Crippen molar-refractivity contribution < 1.29 is 19.0 Å². The van der Waals surface area contributed by atoms with Gasteiger partial charge >= 0.3 is 5.97 Å². The molecule has 1 fully saturated rings. The van der Waals surface area contributed by atoms with E-state index in [1.54, 1.807) is 12.1 Å². The number of hydrogen-bond acceptors (Lipinski definition) is 4. The van der Waals surface area contributed by atoms with E-state index in [9.17, 15) is 4.79 Å². The maximum Gasteiger partial charge on any atom is 0.338 e. The fourth-order valence-corrected chi connectivity index (χ4v) is 3.57. The second-order valence-corrected chi connectivity index (χ2v) is 8.11. The number of benzene rings is 1. The quantitative estimate of drug-likeness (QED) is 0.453. The number of allylic oxidation sites excluding steroid dienone is 1. The van der Waals surface area contributed by atoms with Crippen LogP contribution in [0.25, 0.3) is 0 Å². The van der Waals surface area contributed by atoms with E-state index in [-0.39, 0.29) is 23.9 Å². The van der Waals surface area contributed by atoms with Crippen LogP contribution in [0.5, 0.6) is 0 Å². The van der Waals surface area contributed by atoms with Gasteiger partial charge < -0.3 is 14.2 Å². The van der Waals surface area contributed by atoms with Crippen LogP contribution in [0, 0.1) is 11.8 Å². The van der Waals surface area contributed by atoms with Crippen molar-refractivity contribution in [1.29, 1.82) is 0 Å². The molecule has 1 aliphatic rings. The van der Waals surface area contributed by atoms with Gasteiger partial charge in [0, 0.05) is 5.92 Å². The summed E-state index contributed by atoms with van der Waals surface area (Å²) in [6.07, 6.45) is 3.55. The Kier molecular flexibility index (Phi) is 7.63. The van der Waals surface area contributed by atoms with Crippen molar-refractivity contribution >= 4 is 5.97 Å². The van der Waals surface area contributed by atoms with Crippen molar-refractivity contribution in [3.05, 3.63) is 48.6 Å². The SMILES string of the molecule is C=CCCC(C)(C)O[C@@H]1O[C@H](CC)[C@@H](C)[C@H](C)[C@H]1OC(=O)c1ccccc1. The number of hydrogen-bond donors (Lipinski definition) is 0. The van der Waals surface area contributed by atoms with Crippen molar-refractivity contribution in [2.75, 3.05) is 0 Å². The van der Waals surface area contributed by atoms with Gasteiger partial charge in [-0.2, -0.15) is 0 Å². The van der Waals surface area contributed by atoms with Crippen LogP contribution >= 0.6 is 0 Å². The van der Waals surface area contributed by atoms with Crippen LogP contribution in [0.2, 0.25) is 0 Å². The number of rotatable bonds is 8. The zero-order chi connectivity index (χ0) is 20.0. The summed E-state index contributed by atoms with van der Waals surface area (Å²) in [4.78, 5) is 12.7. The molecule has 2 rings (SSSR count). The molecule has 0 radical (unpaired) electrons. The molecule has 27 heavy (non-hydrogen) atoms. The van der Waals surface area contributed by atoms with Gasteiger partial charge in [0.2, 0.25) is 0 Å². The van der Waals surface area contributed by atoms with Crippen LogP contribution in [-0.2, 0) is 14.2 Å². The minimum Gasteiger partial charge on any atom is -0.453 e. The molecular formula is C23H34O4. The lowest BCUT2D eigenvalue weighted by Gasteiger charge is -2.46. The number of ether oxygens (including phenoxy) is 3. The lowest BCUT2D eigenvalue weighted by Crippen LogP contribution is -2.54. The number of esters is 1. The Morgan fingerprint density at radius 3 is 2.48 bits per heavy atom. The Balaban J connectivity index is 2.19. The summed E-state index contributed by atoms with van der Waals surface area (Å²) in [5.74, 6) is 0.0759. The summed E-state index contributed by atoms with van der Waals surface area (Å²) in [5.41, 5.74) is 0.147. The highest BCUT2D eigenvalue weighted by Gasteiger charge is 2.45. The molecule has 0 aromatic heterocycles. The second-order valence-electron chi connectivity index (χ2n) is 8.11. The highest BCUT2D eigenvalue weighted by molar-refractivity contribution is 5.89. The third kappa shape index (κ3) is 5.66. The molecule has 0 amide bonds. The van der Waals surface area contributed by atoms with Gasteiger partial charge in [0.15, 0.2) is 12.4 Å². The van der Waals surface area contributed by atoms with E-state index >= 15 is 0 Å². The Bertz CT molecular complexity index is 610. The molecular weight excluding hydrogens is 340 g/mol. The molecule has 150 valence electrons. The van der Waals surface area contributed by atoms with E-state index in [0.29, 0.717) is 5.56 Å². The van der Waals surface area contributed by atoms with E-state index in [0.717, 1.165) is 19.3 Å². The topological polar surface area (TPSA) is 44.8 Å². The van der Waals surface area contributed by atoms with Crippen molar-refractivity contribution in [3.63, 3.8) is 0 Å². The first-order valence-corrected chi connectivity index (χ1v) is 9.99. The van der Waals surface area contributed by atoms with Crippen molar-refractivity contribution in [2.45, 2.75) is 78.0 Å². The van der Waals surface area contributed by atoms with E-state index in [1.165, 1.54) is 0 Å². The fraction of sp³-hybridized carbons (Fsp3) is 0.609. The van der Waals surface area contributed by atoms with Gasteiger partial charge in [-0.05, 0) is 51.2 Å². The third-order valence-electron chi connectivity index (χ3n) is 5.55. The van der Waals surface area contributed by atoms with E-state index in [1.807, 2.05) is 38.1 Å². The molecule has 4 nitrogen and oxygen atoms in total. The standard InChI is InChI=1S/C23H34O4/c1-7-9-15-23(5,6)27-22-20(17(4)16(3)19(8-2)25-22)26-21(24)18-13-11-10-12-14-18/h7,10-14,16-17,19-20,22H,1,8-9,15H2,2-6H3/t16-,17-,19+,20+,22-/m0/s1. The van der Waals surface area contributed by atoms with E-state index in [2.05, 4.69) is 27.4 Å². The van der Waals surface area contributed by atoms with E-state index < -0.39 is 18.0 Å². The van der Waals surface area contributed by atoms with Gasteiger partial charge in [0.05, 0.1) is 17.3 Å². The van der Waals surface area contributed by atoms with Gasteiger partial charge in [-0.15, -0.1) is 6.58 Å². The zero-order valence-corrected chi connectivity index (χ0v) is 17.3. The predicted octanol–water partition coefficient (Wildman–Crippen LogP) is 5.38.